The van der Waals surface area contributed by atoms with Gasteiger partial charge in [0.2, 0.25) is 0 Å². The Morgan fingerprint density at radius 3 is 2.61 bits per heavy atom. The third kappa shape index (κ3) is 5.87. The van der Waals surface area contributed by atoms with Gasteiger partial charge in [-0.15, -0.1) is 0 Å². The molecule has 0 aliphatic carbocycles. The summed E-state index contributed by atoms with van der Waals surface area (Å²) in [7, 11) is 0. The predicted molar refractivity (Wildman–Crippen MR) is 82.2 cm³/mol. The summed E-state index contributed by atoms with van der Waals surface area (Å²) in [4.78, 5) is 4.31. The highest BCUT2D eigenvalue weighted by molar-refractivity contribution is 8.00. The highest BCUT2D eigenvalue weighted by atomic mass is 32.2. The SMILES string of the molecule is CCCNC(CSC(C)(C)C)c1cncc(C)c1. The topological polar surface area (TPSA) is 24.9 Å². The van der Waals surface area contributed by atoms with E-state index in [0.29, 0.717) is 10.8 Å². The van der Waals surface area contributed by atoms with E-state index in [1.807, 2.05) is 24.2 Å². The summed E-state index contributed by atoms with van der Waals surface area (Å²) < 4.78 is 0.309. The molecule has 102 valence electrons. The van der Waals surface area contributed by atoms with E-state index in [0.717, 1.165) is 18.7 Å². The molecule has 1 aromatic rings. The summed E-state index contributed by atoms with van der Waals surface area (Å²) >= 11 is 2.00. The average molecular weight is 266 g/mol. The van der Waals surface area contributed by atoms with Crippen molar-refractivity contribution in [3.63, 3.8) is 0 Å². The predicted octanol–water partition coefficient (Wildman–Crippen LogP) is 3.96. The first kappa shape index (κ1) is 15.5. The average Bonchev–Trinajstić information content (AvgIpc) is 2.28. The molecule has 18 heavy (non-hydrogen) atoms. The maximum atomic E-state index is 4.31. The Hall–Kier alpha value is -0.540. The molecule has 3 heteroatoms. The Bertz CT molecular complexity index is 358. The minimum atomic E-state index is 0.309. The van der Waals surface area contributed by atoms with E-state index in [1.54, 1.807) is 0 Å². The Labute approximate surface area is 116 Å². The number of aryl methyl sites for hydroxylation is 1. The molecule has 1 unspecified atom stereocenters. The van der Waals surface area contributed by atoms with E-state index in [9.17, 15) is 0 Å². The Morgan fingerprint density at radius 1 is 1.33 bits per heavy atom. The molecular formula is C15H26N2S. The van der Waals surface area contributed by atoms with Gasteiger partial charge in [-0.05, 0) is 31.0 Å². The summed E-state index contributed by atoms with van der Waals surface area (Å²) in [6.07, 6.45) is 5.07. The summed E-state index contributed by atoms with van der Waals surface area (Å²) in [5, 5.41) is 3.62. The van der Waals surface area contributed by atoms with Crippen molar-refractivity contribution >= 4 is 11.8 Å². The second-order valence-corrected chi connectivity index (χ2v) is 7.57. The first-order valence-electron chi connectivity index (χ1n) is 6.71. The third-order valence-electron chi connectivity index (χ3n) is 2.62. The van der Waals surface area contributed by atoms with Crippen molar-refractivity contribution in [2.75, 3.05) is 12.3 Å². The fraction of sp³-hybridized carbons (Fsp3) is 0.667. The van der Waals surface area contributed by atoms with Crippen molar-refractivity contribution in [3.8, 4) is 0 Å². The van der Waals surface area contributed by atoms with Crippen molar-refractivity contribution in [2.24, 2.45) is 0 Å². The lowest BCUT2D eigenvalue weighted by Crippen LogP contribution is -2.26. The number of aromatic nitrogens is 1. The quantitative estimate of drug-likeness (QED) is 0.843. The zero-order valence-electron chi connectivity index (χ0n) is 12.3. The lowest BCUT2D eigenvalue weighted by Gasteiger charge is -2.24. The third-order valence-corrected chi connectivity index (χ3v) is 3.99. The monoisotopic (exact) mass is 266 g/mol. The number of nitrogens with one attached hydrogen (secondary N) is 1. The molecule has 0 amide bonds. The summed E-state index contributed by atoms with van der Waals surface area (Å²) in [5.74, 6) is 1.09. The Balaban J connectivity index is 2.71. The lowest BCUT2D eigenvalue weighted by atomic mass is 10.1. The number of pyridine rings is 1. The minimum absolute atomic E-state index is 0.309. The van der Waals surface area contributed by atoms with Gasteiger partial charge in [0, 0.05) is 28.9 Å². The normalized spacial score (nSPS) is 13.6. The van der Waals surface area contributed by atoms with E-state index in [1.165, 1.54) is 11.1 Å². The molecule has 1 rings (SSSR count). The van der Waals surface area contributed by atoms with Crippen LogP contribution in [-0.2, 0) is 0 Å². The fourth-order valence-corrected chi connectivity index (χ4v) is 2.67. The molecule has 0 bridgehead atoms. The number of nitrogens with zero attached hydrogens (tertiary/aromatic N) is 1. The molecule has 0 spiro atoms. The Kier molecular flexibility index (Phi) is 6.16. The van der Waals surface area contributed by atoms with Crippen LogP contribution >= 0.6 is 11.8 Å². The van der Waals surface area contributed by atoms with Gasteiger partial charge in [0.25, 0.3) is 0 Å². The highest BCUT2D eigenvalue weighted by Crippen LogP contribution is 2.28. The van der Waals surface area contributed by atoms with Gasteiger partial charge >= 0.3 is 0 Å². The first-order chi connectivity index (χ1) is 8.42. The standard InChI is InChI=1S/C15H26N2S/c1-6-7-17-14(11-18-15(3,4)5)13-8-12(2)9-16-10-13/h8-10,14,17H,6-7,11H2,1-5H3. The summed E-state index contributed by atoms with van der Waals surface area (Å²) in [6.45, 7) is 12.2. The van der Waals surface area contributed by atoms with Crippen LogP contribution in [0.5, 0.6) is 0 Å². The van der Waals surface area contributed by atoms with Gasteiger partial charge < -0.3 is 5.32 Å². The molecule has 0 aliphatic heterocycles. The van der Waals surface area contributed by atoms with Gasteiger partial charge in [0.15, 0.2) is 0 Å². The maximum Gasteiger partial charge on any atom is 0.0427 e. The van der Waals surface area contributed by atoms with Crippen LogP contribution < -0.4 is 5.32 Å². The van der Waals surface area contributed by atoms with E-state index < -0.39 is 0 Å². The number of rotatable bonds is 6. The molecule has 1 N–H and O–H groups in total. The largest absolute Gasteiger partial charge is 0.309 e. The van der Waals surface area contributed by atoms with Crippen molar-refractivity contribution in [1.82, 2.24) is 10.3 Å². The van der Waals surface area contributed by atoms with Crippen molar-refractivity contribution in [3.05, 3.63) is 29.6 Å². The molecule has 1 atom stereocenters. The second kappa shape index (κ2) is 7.15. The van der Waals surface area contributed by atoms with Gasteiger partial charge in [-0.25, -0.2) is 0 Å². The Morgan fingerprint density at radius 2 is 2.06 bits per heavy atom. The molecule has 0 aliphatic rings. The van der Waals surface area contributed by atoms with Gasteiger partial charge in [0.1, 0.15) is 0 Å². The smallest absolute Gasteiger partial charge is 0.0427 e. The van der Waals surface area contributed by atoms with Crippen LogP contribution in [0.15, 0.2) is 18.5 Å². The number of thioether (sulfide) groups is 1. The van der Waals surface area contributed by atoms with Gasteiger partial charge in [-0.3, -0.25) is 4.98 Å². The van der Waals surface area contributed by atoms with Gasteiger partial charge in [0.05, 0.1) is 0 Å². The summed E-state index contributed by atoms with van der Waals surface area (Å²) in [6, 6.07) is 2.64. The summed E-state index contributed by atoms with van der Waals surface area (Å²) in [5.41, 5.74) is 2.54. The molecule has 1 aromatic heterocycles. The van der Waals surface area contributed by atoms with E-state index in [-0.39, 0.29) is 0 Å². The van der Waals surface area contributed by atoms with Crippen LogP contribution in [0.2, 0.25) is 0 Å². The zero-order valence-corrected chi connectivity index (χ0v) is 13.1. The van der Waals surface area contributed by atoms with Crippen LogP contribution in [0, 0.1) is 6.92 Å². The number of hydrogen-bond acceptors (Lipinski definition) is 3. The highest BCUT2D eigenvalue weighted by Gasteiger charge is 2.17. The molecule has 0 fully saturated rings. The maximum absolute atomic E-state index is 4.31. The molecule has 0 radical (unpaired) electrons. The fourth-order valence-electron chi connectivity index (χ4n) is 1.69. The molecule has 2 nitrogen and oxygen atoms in total. The van der Waals surface area contributed by atoms with E-state index in [4.69, 9.17) is 0 Å². The molecule has 0 saturated heterocycles. The molecule has 0 saturated carbocycles. The molecule has 0 aromatic carbocycles. The van der Waals surface area contributed by atoms with E-state index >= 15 is 0 Å². The van der Waals surface area contributed by atoms with Crippen molar-refractivity contribution in [1.29, 1.82) is 0 Å². The molecule has 1 heterocycles. The van der Waals surface area contributed by atoms with Crippen LogP contribution in [-0.4, -0.2) is 22.0 Å². The van der Waals surface area contributed by atoms with Crippen LogP contribution in [0.25, 0.3) is 0 Å². The van der Waals surface area contributed by atoms with Crippen molar-refractivity contribution in [2.45, 2.75) is 51.8 Å². The van der Waals surface area contributed by atoms with Gasteiger partial charge in [-0.2, -0.15) is 11.8 Å². The van der Waals surface area contributed by atoms with Gasteiger partial charge in [-0.1, -0.05) is 33.8 Å². The lowest BCUT2D eigenvalue weighted by molar-refractivity contribution is 0.573. The van der Waals surface area contributed by atoms with Crippen LogP contribution in [0.3, 0.4) is 0 Å². The zero-order chi connectivity index (χ0) is 13.6. The van der Waals surface area contributed by atoms with Crippen LogP contribution in [0.1, 0.15) is 51.3 Å². The second-order valence-electron chi connectivity index (χ2n) is 5.73. The van der Waals surface area contributed by atoms with Crippen molar-refractivity contribution < 1.29 is 0 Å². The molecular weight excluding hydrogens is 240 g/mol. The first-order valence-corrected chi connectivity index (χ1v) is 7.70. The van der Waals surface area contributed by atoms with Crippen LogP contribution in [0.4, 0.5) is 0 Å². The minimum Gasteiger partial charge on any atom is -0.309 e. The number of hydrogen-bond donors (Lipinski definition) is 1. The van der Waals surface area contributed by atoms with E-state index in [2.05, 4.69) is 51.0 Å².